The predicted octanol–water partition coefficient (Wildman–Crippen LogP) is 2.08. The van der Waals surface area contributed by atoms with Crippen molar-refractivity contribution in [2.75, 3.05) is 32.3 Å². The van der Waals surface area contributed by atoms with Crippen LogP contribution in [0.5, 0.6) is 17.2 Å². The highest BCUT2D eigenvalue weighted by Gasteiger charge is 2.39. The SMILES string of the molecule is COc1ccc(NC(=O)C(c2cc3c(cc2[N+](=O)[O-])OCO3)[NH+]2CCCCC2)cc1. The van der Waals surface area contributed by atoms with Crippen LogP contribution in [0.1, 0.15) is 30.9 Å². The molecule has 158 valence electrons. The molecule has 1 atom stereocenters. The summed E-state index contributed by atoms with van der Waals surface area (Å²) in [5.41, 5.74) is 0.810. The van der Waals surface area contributed by atoms with E-state index in [-0.39, 0.29) is 18.4 Å². The molecule has 9 nitrogen and oxygen atoms in total. The number of piperidine rings is 1. The largest absolute Gasteiger partial charge is 0.497 e. The van der Waals surface area contributed by atoms with E-state index in [1.165, 1.54) is 6.07 Å². The smallest absolute Gasteiger partial charge is 0.287 e. The average Bonchev–Trinajstić information content (AvgIpc) is 3.22. The van der Waals surface area contributed by atoms with Gasteiger partial charge in [-0.1, -0.05) is 0 Å². The van der Waals surface area contributed by atoms with Gasteiger partial charge in [0.15, 0.2) is 17.5 Å². The second-order valence-electron chi connectivity index (χ2n) is 7.39. The predicted molar refractivity (Wildman–Crippen MR) is 108 cm³/mol. The van der Waals surface area contributed by atoms with Crippen LogP contribution in [0.2, 0.25) is 0 Å². The molecule has 2 N–H and O–H groups in total. The quantitative estimate of drug-likeness (QED) is 0.554. The van der Waals surface area contributed by atoms with E-state index in [0.29, 0.717) is 28.5 Å². The third-order valence-corrected chi connectivity index (χ3v) is 5.55. The number of rotatable bonds is 6. The molecule has 1 fully saturated rings. The van der Waals surface area contributed by atoms with Crippen molar-refractivity contribution in [3.05, 3.63) is 52.1 Å². The molecule has 2 aromatic carbocycles. The van der Waals surface area contributed by atoms with Gasteiger partial charge in [0.2, 0.25) is 6.79 Å². The Bertz CT molecular complexity index is 941. The topological polar surface area (TPSA) is 104 Å². The fourth-order valence-corrected chi connectivity index (χ4v) is 4.07. The lowest BCUT2D eigenvalue weighted by Gasteiger charge is -2.30. The lowest BCUT2D eigenvalue weighted by molar-refractivity contribution is -0.926. The fraction of sp³-hybridized carbons (Fsp3) is 0.381. The zero-order chi connectivity index (χ0) is 21.1. The van der Waals surface area contributed by atoms with E-state index in [1.54, 1.807) is 37.4 Å². The first-order valence-electron chi connectivity index (χ1n) is 9.94. The van der Waals surface area contributed by atoms with Crippen LogP contribution in [0.25, 0.3) is 0 Å². The van der Waals surface area contributed by atoms with Gasteiger partial charge in [-0.3, -0.25) is 14.9 Å². The van der Waals surface area contributed by atoms with Crippen molar-refractivity contribution in [3.63, 3.8) is 0 Å². The summed E-state index contributed by atoms with van der Waals surface area (Å²) >= 11 is 0. The molecule has 2 aliphatic rings. The molecule has 0 aromatic heterocycles. The minimum absolute atomic E-state index is 0.00915. The van der Waals surface area contributed by atoms with Crippen molar-refractivity contribution < 1.29 is 28.8 Å². The van der Waals surface area contributed by atoms with Gasteiger partial charge in [-0.25, -0.2) is 0 Å². The number of nitrogens with zero attached hydrogens (tertiary/aromatic N) is 1. The van der Waals surface area contributed by atoms with E-state index in [9.17, 15) is 14.9 Å². The minimum atomic E-state index is -0.734. The lowest BCUT2D eigenvalue weighted by atomic mass is 9.98. The first kappa shape index (κ1) is 20.0. The van der Waals surface area contributed by atoms with E-state index in [2.05, 4.69) is 5.32 Å². The van der Waals surface area contributed by atoms with Crippen molar-refractivity contribution >= 4 is 17.3 Å². The van der Waals surface area contributed by atoms with Gasteiger partial charge < -0.3 is 24.4 Å². The number of hydrogen-bond acceptors (Lipinski definition) is 6. The van der Waals surface area contributed by atoms with Crippen LogP contribution < -0.4 is 24.4 Å². The van der Waals surface area contributed by atoms with E-state index < -0.39 is 11.0 Å². The number of quaternary nitrogens is 1. The van der Waals surface area contributed by atoms with E-state index in [4.69, 9.17) is 14.2 Å². The first-order valence-corrected chi connectivity index (χ1v) is 9.94. The molecule has 4 rings (SSSR count). The number of nitro groups is 1. The molecule has 0 spiro atoms. The number of fused-ring (bicyclic) bond motifs is 1. The molecule has 0 aliphatic carbocycles. The number of methoxy groups -OCH3 is 1. The Morgan fingerprint density at radius 2 is 1.80 bits per heavy atom. The number of hydrogen-bond donors (Lipinski definition) is 2. The normalized spacial score (nSPS) is 16.7. The van der Waals surface area contributed by atoms with Gasteiger partial charge in [0.25, 0.3) is 11.6 Å². The van der Waals surface area contributed by atoms with Crippen LogP contribution in [0, 0.1) is 10.1 Å². The molecule has 9 heteroatoms. The highest BCUT2D eigenvalue weighted by Crippen LogP contribution is 2.40. The Labute approximate surface area is 173 Å². The molecule has 0 bridgehead atoms. The van der Waals surface area contributed by atoms with Crippen LogP contribution in [0.15, 0.2) is 36.4 Å². The number of nitro benzene ring substituents is 1. The molecular formula is C21H24N3O6+. The molecule has 1 saturated heterocycles. The van der Waals surface area contributed by atoms with Gasteiger partial charge in [-0.15, -0.1) is 0 Å². The van der Waals surface area contributed by atoms with Crippen LogP contribution in [0.4, 0.5) is 11.4 Å². The summed E-state index contributed by atoms with van der Waals surface area (Å²) < 4.78 is 15.9. The van der Waals surface area contributed by atoms with Crippen LogP contribution in [-0.2, 0) is 4.79 Å². The van der Waals surface area contributed by atoms with E-state index in [1.807, 2.05) is 0 Å². The number of benzene rings is 2. The van der Waals surface area contributed by atoms with Gasteiger partial charge in [0, 0.05) is 11.8 Å². The van der Waals surface area contributed by atoms with Crippen molar-refractivity contribution in [1.29, 1.82) is 0 Å². The van der Waals surface area contributed by atoms with Crippen molar-refractivity contribution in [2.45, 2.75) is 25.3 Å². The van der Waals surface area contributed by atoms with Crippen molar-refractivity contribution in [3.8, 4) is 17.2 Å². The Hall–Kier alpha value is -3.33. The fourth-order valence-electron chi connectivity index (χ4n) is 4.07. The van der Waals surface area contributed by atoms with Crippen molar-refractivity contribution in [2.24, 2.45) is 0 Å². The third kappa shape index (κ3) is 4.02. The van der Waals surface area contributed by atoms with E-state index >= 15 is 0 Å². The zero-order valence-corrected chi connectivity index (χ0v) is 16.7. The molecule has 0 radical (unpaired) electrons. The summed E-state index contributed by atoms with van der Waals surface area (Å²) in [7, 11) is 1.57. The standard InChI is InChI=1S/C21H23N3O6/c1-28-15-7-5-14(6-8-15)22-21(25)20(23-9-3-2-4-10-23)16-11-18-19(30-13-29-18)12-17(16)24(26)27/h5-8,11-12,20H,2-4,9-10,13H2,1H3,(H,22,25)/p+1. The van der Waals surface area contributed by atoms with Gasteiger partial charge in [0.1, 0.15) is 11.3 Å². The summed E-state index contributed by atoms with van der Waals surface area (Å²) in [6.07, 6.45) is 3.04. The molecule has 2 aliphatic heterocycles. The van der Waals surface area contributed by atoms with E-state index in [0.717, 1.165) is 37.3 Å². The second-order valence-corrected chi connectivity index (χ2v) is 7.39. The molecule has 30 heavy (non-hydrogen) atoms. The summed E-state index contributed by atoms with van der Waals surface area (Å²) in [6.45, 7) is 1.55. The third-order valence-electron chi connectivity index (χ3n) is 5.55. The monoisotopic (exact) mass is 414 g/mol. The van der Waals surface area contributed by atoms with Crippen molar-refractivity contribution in [1.82, 2.24) is 0 Å². The highest BCUT2D eigenvalue weighted by atomic mass is 16.7. The summed E-state index contributed by atoms with van der Waals surface area (Å²) in [4.78, 5) is 25.7. The molecular weight excluding hydrogens is 390 g/mol. The second kappa shape index (κ2) is 8.58. The first-order chi connectivity index (χ1) is 14.6. The summed E-state index contributed by atoms with van der Waals surface area (Å²) in [5, 5.41) is 14.7. The Morgan fingerprint density at radius 3 is 2.43 bits per heavy atom. The maximum absolute atomic E-state index is 13.4. The highest BCUT2D eigenvalue weighted by molar-refractivity contribution is 5.95. The Morgan fingerprint density at radius 1 is 1.13 bits per heavy atom. The number of carbonyl (C=O) groups excluding carboxylic acids is 1. The van der Waals surface area contributed by atoms with Gasteiger partial charge in [-0.2, -0.15) is 0 Å². The molecule has 1 amide bonds. The molecule has 1 unspecified atom stereocenters. The number of likely N-dealkylation sites (tertiary alicyclic amines) is 1. The Balaban J connectivity index is 1.71. The number of carbonyl (C=O) groups is 1. The summed E-state index contributed by atoms with van der Waals surface area (Å²) in [6, 6.07) is 9.20. The zero-order valence-electron chi connectivity index (χ0n) is 16.7. The molecule has 2 heterocycles. The average molecular weight is 414 g/mol. The Kier molecular flexibility index (Phi) is 5.71. The minimum Gasteiger partial charge on any atom is -0.497 e. The van der Waals surface area contributed by atoms with Crippen LogP contribution in [0.3, 0.4) is 0 Å². The summed E-state index contributed by atoms with van der Waals surface area (Å²) in [5.74, 6) is 1.14. The number of anilines is 1. The van der Waals surface area contributed by atoms with Gasteiger partial charge in [0.05, 0.1) is 31.2 Å². The number of ether oxygens (including phenoxy) is 3. The molecule has 2 aromatic rings. The number of nitrogens with one attached hydrogen (secondary N) is 2. The maximum Gasteiger partial charge on any atom is 0.287 e. The van der Waals surface area contributed by atoms with Crippen LogP contribution in [-0.4, -0.2) is 37.8 Å². The molecule has 0 saturated carbocycles. The number of amides is 1. The van der Waals surface area contributed by atoms with Gasteiger partial charge in [-0.05, 0) is 43.5 Å². The van der Waals surface area contributed by atoms with Gasteiger partial charge >= 0.3 is 0 Å². The van der Waals surface area contributed by atoms with Crippen LogP contribution >= 0.6 is 0 Å². The lowest BCUT2D eigenvalue weighted by Crippen LogP contribution is -3.14. The maximum atomic E-state index is 13.4.